The van der Waals surface area contributed by atoms with Crippen LogP contribution in [0, 0.1) is 0 Å². The monoisotopic (exact) mass is 307 g/mol. The molecule has 4 nitrogen and oxygen atoms in total. The molecule has 0 saturated carbocycles. The van der Waals surface area contributed by atoms with Gasteiger partial charge in [0.05, 0.1) is 6.42 Å². The van der Waals surface area contributed by atoms with Crippen molar-refractivity contribution in [2.45, 2.75) is 19.3 Å². The predicted molar refractivity (Wildman–Crippen MR) is 92.9 cm³/mol. The summed E-state index contributed by atoms with van der Waals surface area (Å²) in [4.78, 5) is 15.2. The van der Waals surface area contributed by atoms with E-state index < -0.39 is 0 Å². The van der Waals surface area contributed by atoms with Crippen molar-refractivity contribution in [2.24, 2.45) is 0 Å². The molecule has 3 rings (SSSR count). The van der Waals surface area contributed by atoms with Crippen LogP contribution in [-0.4, -0.2) is 17.4 Å². The van der Waals surface area contributed by atoms with Crippen LogP contribution >= 0.6 is 0 Å². The Morgan fingerprint density at radius 1 is 1.00 bits per heavy atom. The first-order valence-corrected chi connectivity index (χ1v) is 7.93. The van der Waals surface area contributed by atoms with Crippen molar-refractivity contribution >= 4 is 16.8 Å². The molecule has 0 fully saturated rings. The molecule has 1 aromatic heterocycles. The number of rotatable bonds is 7. The highest BCUT2D eigenvalue weighted by molar-refractivity contribution is 5.88. The van der Waals surface area contributed by atoms with Gasteiger partial charge in [-0.2, -0.15) is 0 Å². The van der Waals surface area contributed by atoms with Gasteiger partial charge in [-0.3, -0.25) is 10.2 Å². The summed E-state index contributed by atoms with van der Waals surface area (Å²) in [5.41, 5.74) is 9.17. The number of H-pyrrole nitrogens is 1. The second-order valence-electron chi connectivity index (χ2n) is 5.60. The van der Waals surface area contributed by atoms with E-state index >= 15 is 0 Å². The molecule has 1 amide bonds. The van der Waals surface area contributed by atoms with Crippen LogP contribution in [0.15, 0.2) is 60.8 Å². The van der Waals surface area contributed by atoms with Crippen molar-refractivity contribution in [1.82, 2.24) is 15.8 Å². The van der Waals surface area contributed by atoms with E-state index in [0.29, 0.717) is 6.42 Å². The van der Waals surface area contributed by atoms with E-state index in [1.807, 2.05) is 48.7 Å². The second-order valence-corrected chi connectivity index (χ2v) is 5.60. The van der Waals surface area contributed by atoms with Gasteiger partial charge in [-0.1, -0.05) is 48.5 Å². The van der Waals surface area contributed by atoms with Gasteiger partial charge < -0.3 is 4.98 Å². The average Bonchev–Trinajstić information content (AvgIpc) is 2.99. The molecule has 23 heavy (non-hydrogen) atoms. The van der Waals surface area contributed by atoms with Gasteiger partial charge in [0.1, 0.15) is 0 Å². The summed E-state index contributed by atoms with van der Waals surface area (Å²) in [6, 6.07) is 18.4. The third kappa shape index (κ3) is 4.20. The zero-order valence-electron chi connectivity index (χ0n) is 13.0. The molecule has 0 radical (unpaired) electrons. The van der Waals surface area contributed by atoms with E-state index in [-0.39, 0.29) is 5.91 Å². The molecule has 0 aliphatic heterocycles. The van der Waals surface area contributed by atoms with Crippen LogP contribution < -0.4 is 10.9 Å². The Balaban J connectivity index is 1.40. The van der Waals surface area contributed by atoms with Gasteiger partial charge in [-0.25, -0.2) is 5.43 Å². The number of fused-ring (bicyclic) bond motifs is 1. The van der Waals surface area contributed by atoms with E-state index in [1.54, 1.807) is 0 Å². The number of amides is 1. The van der Waals surface area contributed by atoms with E-state index in [1.165, 1.54) is 5.56 Å². The number of carbonyl (C=O) groups excluding carboxylic acids is 1. The number of benzene rings is 2. The molecular formula is C19H21N3O. The minimum atomic E-state index is -0.0190. The summed E-state index contributed by atoms with van der Waals surface area (Å²) >= 11 is 0. The SMILES string of the molecule is O=C(Cc1c[nH]c2ccccc12)NNCCCc1ccccc1. The minimum Gasteiger partial charge on any atom is -0.361 e. The molecule has 3 aromatic rings. The summed E-state index contributed by atoms with van der Waals surface area (Å²) in [6.45, 7) is 0.758. The largest absolute Gasteiger partial charge is 0.361 e. The van der Waals surface area contributed by atoms with Gasteiger partial charge in [0.15, 0.2) is 0 Å². The quantitative estimate of drug-likeness (QED) is 0.464. The Bertz CT molecular complexity index is 764. The fourth-order valence-corrected chi connectivity index (χ4v) is 2.68. The van der Waals surface area contributed by atoms with Crippen molar-refractivity contribution in [2.75, 3.05) is 6.54 Å². The molecule has 0 aliphatic carbocycles. The first-order chi connectivity index (χ1) is 11.3. The minimum absolute atomic E-state index is 0.0190. The number of hydrazine groups is 1. The van der Waals surface area contributed by atoms with Gasteiger partial charge >= 0.3 is 0 Å². The van der Waals surface area contributed by atoms with Crippen LogP contribution in [0.2, 0.25) is 0 Å². The molecule has 2 aromatic carbocycles. The van der Waals surface area contributed by atoms with Crippen LogP contribution in [0.1, 0.15) is 17.5 Å². The van der Waals surface area contributed by atoms with Gasteiger partial charge in [0.25, 0.3) is 0 Å². The Labute approximate surface area is 135 Å². The van der Waals surface area contributed by atoms with Gasteiger partial charge in [-0.15, -0.1) is 0 Å². The average molecular weight is 307 g/mol. The molecule has 0 aliphatic rings. The second kappa shape index (κ2) is 7.61. The molecule has 3 N–H and O–H groups in total. The van der Waals surface area contributed by atoms with E-state index in [0.717, 1.165) is 35.9 Å². The maximum atomic E-state index is 12.0. The number of hydrogen-bond donors (Lipinski definition) is 3. The van der Waals surface area contributed by atoms with Crippen molar-refractivity contribution in [3.8, 4) is 0 Å². The Kier molecular flexibility index (Phi) is 5.06. The molecule has 0 spiro atoms. The van der Waals surface area contributed by atoms with Crippen LogP contribution in [0.25, 0.3) is 10.9 Å². The standard InChI is InChI=1S/C19H21N3O/c23-19(13-16-14-20-18-11-5-4-10-17(16)18)22-21-12-6-9-15-7-2-1-3-8-15/h1-5,7-8,10-11,14,20-21H,6,9,12-13H2,(H,22,23). The van der Waals surface area contributed by atoms with Crippen molar-refractivity contribution in [3.63, 3.8) is 0 Å². The molecule has 0 bridgehead atoms. The highest BCUT2D eigenvalue weighted by atomic mass is 16.2. The molecular weight excluding hydrogens is 286 g/mol. The summed E-state index contributed by atoms with van der Waals surface area (Å²) in [6.07, 6.45) is 4.26. The number of aromatic amines is 1. The maximum absolute atomic E-state index is 12.0. The number of aromatic nitrogens is 1. The number of hydrogen-bond acceptors (Lipinski definition) is 2. The Morgan fingerprint density at radius 2 is 1.78 bits per heavy atom. The number of carbonyl (C=O) groups is 1. The van der Waals surface area contributed by atoms with Crippen LogP contribution in [0.4, 0.5) is 0 Å². The summed E-state index contributed by atoms with van der Waals surface area (Å²) in [5, 5.41) is 1.10. The molecule has 0 saturated heterocycles. The zero-order chi connectivity index (χ0) is 15.9. The number of aryl methyl sites for hydroxylation is 1. The lowest BCUT2D eigenvalue weighted by molar-refractivity contribution is -0.121. The Morgan fingerprint density at radius 3 is 2.65 bits per heavy atom. The van der Waals surface area contributed by atoms with Gasteiger partial charge in [-0.05, 0) is 30.0 Å². The fraction of sp³-hybridized carbons (Fsp3) is 0.211. The van der Waals surface area contributed by atoms with Crippen molar-refractivity contribution in [1.29, 1.82) is 0 Å². The maximum Gasteiger partial charge on any atom is 0.238 e. The van der Waals surface area contributed by atoms with Crippen LogP contribution in [0.3, 0.4) is 0 Å². The number of nitrogens with one attached hydrogen (secondary N) is 3. The van der Waals surface area contributed by atoms with Crippen molar-refractivity contribution in [3.05, 3.63) is 71.9 Å². The molecule has 0 atom stereocenters. The van der Waals surface area contributed by atoms with Crippen LogP contribution in [-0.2, 0) is 17.6 Å². The lowest BCUT2D eigenvalue weighted by Gasteiger charge is -2.07. The van der Waals surface area contributed by atoms with E-state index in [2.05, 4.69) is 28.0 Å². The Hall–Kier alpha value is -2.59. The topological polar surface area (TPSA) is 56.9 Å². The first-order valence-electron chi connectivity index (χ1n) is 7.93. The summed E-state index contributed by atoms with van der Waals surface area (Å²) in [5.74, 6) is -0.0190. The molecule has 1 heterocycles. The highest BCUT2D eigenvalue weighted by Crippen LogP contribution is 2.17. The lowest BCUT2D eigenvalue weighted by atomic mass is 10.1. The van der Waals surface area contributed by atoms with Crippen LogP contribution in [0.5, 0.6) is 0 Å². The van der Waals surface area contributed by atoms with Gasteiger partial charge in [0, 0.05) is 23.6 Å². The third-order valence-electron chi connectivity index (χ3n) is 3.86. The molecule has 118 valence electrons. The molecule has 0 unspecified atom stereocenters. The highest BCUT2D eigenvalue weighted by Gasteiger charge is 2.07. The number of para-hydroxylation sites is 1. The fourth-order valence-electron chi connectivity index (χ4n) is 2.68. The lowest BCUT2D eigenvalue weighted by Crippen LogP contribution is -2.38. The predicted octanol–water partition coefficient (Wildman–Crippen LogP) is 2.96. The van der Waals surface area contributed by atoms with Gasteiger partial charge in [0.2, 0.25) is 5.91 Å². The normalized spacial score (nSPS) is 10.8. The summed E-state index contributed by atoms with van der Waals surface area (Å²) < 4.78 is 0. The van der Waals surface area contributed by atoms with E-state index in [9.17, 15) is 4.79 Å². The van der Waals surface area contributed by atoms with E-state index in [4.69, 9.17) is 0 Å². The van der Waals surface area contributed by atoms with Crippen molar-refractivity contribution < 1.29 is 4.79 Å². The third-order valence-corrected chi connectivity index (χ3v) is 3.86. The first kappa shape index (κ1) is 15.3. The summed E-state index contributed by atoms with van der Waals surface area (Å²) in [7, 11) is 0. The zero-order valence-corrected chi connectivity index (χ0v) is 13.0. The smallest absolute Gasteiger partial charge is 0.238 e. The molecule has 4 heteroatoms.